The molecular weight excluding hydrogens is 272 g/mol. The van der Waals surface area contributed by atoms with E-state index in [4.69, 9.17) is 0 Å². The van der Waals surface area contributed by atoms with Crippen molar-refractivity contribution in [1.82, 2.24) is 14.6 Å². The highest BCUT2D eigenvalue weighted by molar-refractivity contribution is 5.58. The predicted molar refractivity (Wildman–Crippen MR) is 76.9 cm³/mol. The van der Waals surface area contributed by atoms with Gasteiger partial charge in [0.2, 0.25) is 0 Å². The second-order valence-electron chi connectivity index (χ2n) is 4.98. The molecule has 0 aliphatic carbocycles. The third-order valence-corrected chi connectivity index (χ3v) is 3.25. The van der Waals surface area contributed by atoms with E-state index in [-0.39, 0.29) is 0 Å². The number of hydrogen-bond acceptors (Lipinski definition) is 2. The molecule has 0 N–H and O–H groups in total. The van der Waals surface area contributed by atoms with Gasteiger partial charge in [0.25, 0.3) is 0 Å². The van der Waals surface area contributed by atoms with Gasteiger partial charge in [0.1, 0.15) is 11.6 Å². The van der Waals surface area contributed by atoms with E-state index in [2.05, 4.69) is 16.8 Å². The number of aromatic nitrogens is 3. The zero-order valence-electron chi connectivity index (χ0n) is 11.5. The zero-order valence-corrected chi connectivity index (χ0v) is 11.5. The van der Waals surface area contributed by atoms with Gasteiger partial charge in [-0.15, -0.1) is 10.2 Å². The zero-order chi connectivity index (χ0) is 15.0. The van der Waals surface area contributed by atoms with Gasteiger partial charge in [-0.25, -0.2) is 8.78 Å². The molecule has 0 fully saturated rings. The van der Waals surface area contributed by atoms with E-state index >= 15 is 0 Å². The van der Waals surface area contributed by atoms with Crippen LogP contribution in [0.3, 0.4) is 0 Å². The molecule has 5 heteroatoms. The molecule has 0 aliphatic heterocycles. The van der Waals surface area contributed by atoms with E-state index in [1.165, 1.54) is 12.1 Å². The largest absolute Gasteiger partial charge is 0.282 e. The number of pyridine rings is 1. The topological polar surface area (TPSA) is 30.2 Å². The molecule has 2 heterocycles. The molecule has 3 rings (SSSR count). The van der Waals surface area contributed by atoms with Crippen LogP contribution in [-0.4, -0.2) is 14.6 Å². The maximum Gasteiger partial charge on any atom is 0.163 e. The fraction of sp³-hybridized carbons (Fsp3) is 0.125. The second kappa shape index (κ2) is 5.09. The predicted octanol–water partition coefficient (Wildman–Crippen LogP) is 3.63. The number of benzene rings is 1. The lowest BCUT2D eigenvalue weighted by atomic mass is 10.1. The van der Waals surface area contributed by atoms with Crippen LogP contribution in [0.1, 0.15) is 23.9 Å². The number of fused-ring (bicyclic) bond motifs is 1. The molecule has 0 radical (unpaired) electrons. The van der Waals surface area contributed by atoms with Crippen molar-refractivity contribution in [2.24, 2.45) is 0 Å². The number of rotatable bonds is 3. The average Bonchev–Trinajstić information content (AvgIpc) is 2.85. The van der Waals surface area contributed by atoms with Crippen LogP contribution in [0, 0.1) is 11.6 Å². The van der Waals surface area contributed by atoms with E-state index in [1.807, 2.05) is 29.7 Å². The Morgan fingerprint density at radius 3 is 2.71 bits per heavy atom. The first-order valence-corrected chi connectivity index (χ1v) is 6.48. The van der Waals surface area contributed by atoms with Gasteiger partial charge in [-0.1, -0.05) is 18.7 Å². The summed E-state index contributed by atoms with van der Waals surface area (Å²) in [7, 11) is 0. The Kier molecular flexibility index (Phi) is 3.25. The summed E-state index contributed by atoms with van der Waals surface area (Å²) in [5, 5.41) is 8.11. The summed E-state index contributed by atoms with van der Waals surface area (Å²) in [6.45, 7) is 5.71. The molecule has 0 spiro atoms. The lowest BCUT2D eigenvalue weighted by Crippen LogP contribution is -1.97. The summed E-state index contributed by atoms with van der Waals surface area (Å²) in [4.78, 5) is 0. The quantitative estimate of drug-likeness (QED) is 0.735. The molecule has 1 aromatic carbocycles. The fourth-order valence-electron chi connectivity index (χ4n) is 2.22. The van der Waals surface area contributed by atoms with E-state index in [0.717, 1.165) is 17.2 Å². The third kappa shape index (κ3) is 2.54. The molecule has 0 bridgehead atoms. The maximum atomic E-state index is 13.7. The lowest BCUT2D eigenvalue weighted by molar-refractivity contribution is 0.574. The van der Waals surface area contributed by atoms with Crippen molar-refractivity contribution in [2.75, 3.05) is 0 Å². The Morgan fingerprint density at radius 1 is 1.19 bits per heavy atom. The van der Waals surface area contributed by atoms with Crippen LogP contribution < -0.4 is 0 Å². The van der Waals surface area contributed by atoms with E-state index in [1.54, 1.807) is 0 Å². The summed E-state index contributed by atoms with van der Waals surface area (Å²) in [6, 6.07) is 7.28. The Balaban J connectivity index is 2.00. The summed E-state index contributed by atoms with van der Waals surface area (Å²) >= 11 is 0. The van der Waals surface area contributed by atoms with Gasteiger partial charge in [0.15, 0.2) is 11.5 Å². The second-order valence-corrected chi connectivity index (χ2v) is 4.98. The fourth-order valence-corrected chi connectivity index (χ4v) is 2.22. The Morgan fingerprint density at radius 2 is 2.00 bits per heavy atom. The van der Waals surface area contributed by atoms with Crippen LogP contribution in [0.2, 0.25) is 0 Å². The van der Waals surface area contributed by atoms with E-state index < -0.39 is 11.6 Å². The van der Waals surface area contributed by atoms with Crippen LogP contribution >= 0.6 is 0 Å². The Bertz CT molecular complexity index is 837. The minimum atomic E-state index is -0.574. The molecular formula is C16H13F2N3. The summed E-state index contributed by atoms with van der Waals surface area (Å²) in [5.74, 6) is -0.444. The molecule has 3 aromatic rings. The van der Waals surface area contributed by atoms with Crippen LogP contribution in [0.25, 0.3) is 11.2 Å². The van der Waals surface area contributed by atoms with Crippen LogP contribution in [0.5, 0.6) is 0 Å². The standard InChI is InChI=1S/C16H13F2N3/c1-10(2)16-20-19-15-6-3-11(9-21(15)16)7-12-4-5-13(17)8-14(12)18/h3-6,8-9H,1,7H2,2H3. The lowest BCUT2D eigenvalue weighted by Gasteiger charge is -2.05. The number of halogens is 2. The summed E-state index contributed by atoms with van der Waals surface area (Å²) in [5.41, 5.74) is 2.83. The molecule has 21 heavy (non-hydrogen) atoms. The van der Waals surface area contributed by atoms with Crippen molar-refractivity contribution >= 4 is 11.2 Å². The van der Waals surface area contributed by atoms with Crippen molar-refractivity contribution in [3.63, 3.8) is 0 Å². The first kappa shape index (κ1) is 13.4. The van der Waals surface area contributed by atoms with Crippen LogP contribution in [0.15, 0.2) is 43.1 Å². The SMILES string of the molecule is C=C(C)c1nnc2ccc(Cc3ccc(F)cc3F)cn12. The van der Waals surface area contributed by atoms with Crippen molar-refractivity contribution in [3.8, 4) is 0 Å². The third-order valence-electron chi connectivity index (χ3n) is 3.25. The minimum absolute atomic E-state index is 0.371. The van der Waals surface area contributed by atoms with Gasteiger partial charge in [0.05, 0.1) is 0 Å². The first-order chi connectivity index (χ1) is 10.0. The minimum Gasteiger partial charge on any atom is -0.282 e. The number of hydrogen-bond donors (Lipinski definition) is 0. The molecule has 2 aromatic heterocycles. The molecule has 0 unspecified atom stereocenters. The number of allylic oxidation sites excluding steroid dienone is 1. The average molecular weight is 285 g/mol. The van der Waals surface area contributed by atoms with Crippen molar-refractivity contribution in [1.29, 1.82) is 0 Å². The Hall–Kier alpha value is -2.56. The molecule has 0 saturated heterocycles. The van der Waals surface area contributed by atoms with Crippen LogP contribution in [-0.2, 0) is 6.42 Å². The van der Waals surface area contributed by atoms with Gasteiger partial charge in [-0.2, -0.15) is 0 Å². The normalized spacial score (nSPS) is 11.0. The van der Waals surface area contributed by atoms with E-state index in [0.29, 0.717) is 23.5 Å². The molecule has 0 aliphatic rings. The Labute approximate surface area is 120 Å². The first-order valence-electron chi connectivity index (χ1n) is 6.48. The summed E-state index contributed by atoms with van der Waals surface area (Å²) in [6.07, 6.45) is 2.22. The number of nitrogens with zero attached hydrogens (tertiary/aromatic N) is 3. The van der Waals surface area contributed by atoms with Gasteiger partial charge < -0.3 is 0 Å². The van der Waals surface area contributed by atoms with Gasteiger partial charge in [-0.05, 0) is 35.8 Å². The van der Waals surface area contributed by atoms with Gasteiger partial charge in [-0.3, -0.25) is 4.40 Å². The summed E-state index contributed by atoms with van der Waals surface area (Å²) < 4.78 is 28.5. The maximum absolute atomic E-state index is 13.7. The van der Waals surface area contributed by atoms with Crippen molar-refractivity contribution in [3.05, 3.63) is 71.7 Å². The van der Waals surface area contributed by atoms with Crippen molar-refractivity contribution in [2.45, 2.75) is 13.3 Å². The molecule has 0 atom stereocenters. The monoisotopic (exact) mass is 285 g/mol. The smallest absolute Gasteiger partial charge is 0.163 e. The highest BCUT2D eigenvalue weighted by Gasteiger charge is 2.09. The molecule has 106 valence electrons. The highest BCUT2D eigenvalue weighted by Crippen LogP contribution is 2.17. The van der Waals surface area contributed by atoms with Gasteiger partial charge >= 0.3 is 0 Å². The van der Waals surface area contributed by atoms with Crippen molar-refractivity contribution < 1.29 is 8.78 Å². The van der Waals surface area contributed by atoms with Crippen LogP contribution in [0.4, 0.5) is 8.78 Å². The molecule has 0 saturated carbocycles. The molecule has 3 nitrogen and oxygen atoms in total. The highest BCUT2D eigenvalue weighted by atomic mass is 19.1. The molecule has 0 amide bonds. The van der Waals surface area contributed by atoms with E-state index in [9.17, 15) is 8.78 Å². The van der Waals surface area contributed by atoms with Gasteiger partial charge in [0, 0.05) is 18.7 Å².